The second-order valence-corrected chi connectivity index (χ2v) is 6.18. The first-order valence-corrected chi connectivity index (χ1v) is 7.37. The predicted octanol–water partition coefficient (Wildman–Crippen LogP) is 1.22. The molecule has 0 aromatic carbocycles. The highest BCUT2D eigenvalue weighted by Crippen LogP contribution is 2.21. The van der Waals surface area contributed by atoms with Crippen molar-refractivity contribution in [2.75, 3.05) is 25.9 Å². The lowest BCUT2D eigenvalue weighted by atomic mass is 10.2. The molecule has 1 aliphatic heterocycles. The first-order valence-electron chi connectivity index (χ1n) is 5.76. The Morgan fingerprint density at radius 1 is 1.44 bits per heavy atom. The van der Waals surface area contributed by atoms with Crippen LogP contribution >= 0.6 is 12.4 Å². The fourth-order valence-electron chi connectivity index (χ4n) is 2.06. The summed E-state index contributed by atoms with van der Waals surface area (Å²) in [5, 5.41) is 3.06. The lowest BCUT2D eigenvalue weighted by Gasteiger charge is -2.23. The van der Waals surface area contributed by atoms with E-state index in [0.29, 0.717) is 12.3 Å². The van der Waals surface area contributed by atoms with E-state index in [-0.39, 0.29) is 18.4 Å². The minimum absolute atomic E-state index is 0. The monoisotopic (exact) mass is 270 g/mol. The largest absolute Gasteiger partial charge is 0.318 e. The molecule has 0 aromatic rings. The quantitative estimate of drug-likeness (QED) is 0.790. The first-order chi connectivity index (χ1) is 7.11. The molecule has 1 N–H and O–H groups in total. The SMILES string of the molecule is CCCCS(=O)(=O)N1CCCC1CNC.Cl. The molecule has 0 aromatic heterocycles. The highest BCUT2D eigenvalue weighted by atomic mass is 35.5. The van der Waals surface area contributed by atoms with Crippen LogP contribution in [0.25, 0.3) is 0 Å². The minimum Gasteiger partial charge on any atom is -0.318 e. The number of nitrogens with one attached hydrogen (secondary N) is 1. The predicted molar refractivity (Wildman–Crippen MR) is 69.6 cm³/mol. The van der Waals surface area contributed by atoms with Crippen LogP contribution in [0.4, 0.5) is 0 Å². The molecule has 0 aliphatic carbocycles. The van der Waals surface area contributed by atoms with Gasteiger partial charge in [0.1, 0.15) is 0 Å². The highest BCUT2D eigenvalue weighted by molar-refractivity contribution is 7.89. The summed E-state index contributed by atoms with van der Waals surface area (Å²) >= 11 is 0. The number of nitrogens with zero attached hydrogens (tertiary/aromatic N) is 1. The Balaban J connectivity index is 0.00000225. The molecule has 0 bridgehead atoms. The van der Waals surface area contributed by atoms with Crippen LogP contribution in [-0.2, 0) is 10.0 Å². The maximum Gasteiger partial charge on any atom is 0.214 e. The summed E-state index contributed by atoms with van der Waals surface area (Å²) in [6.07, 6.45) is 3.69. The van der Waals surface area contributed by atoms with Crippen molar-refractivity contribution in [2.45, 2.75) is 38.6 Å². The molecule has 98 valence electrons. The third-order valence-corrected chi connectivity index (χ3v) is 4.88. The average Bonchev–Trinajstić information content (AvgIpc) is 2.64. The van der Waals surface area contributed by atoms with Gasteiger partial charge in [-0.2, -0.15) is 4.31 Å². The summed E-state index contributed by atoms with van der Waals surface area (Å²) in [5.41, 5.74) is 0. The molecule has 1 unspecified atom stereocenters. The maximum absolute atomic E-state index is 12.0. The van der Waals surface area contributed by atoms with Crippen molar-refractivity contribution in [3.05, 3.63) is 0 Å². The topological polar surface area (TPSA) is 49.4 Å². The molecule has 0 spiro atoms. The normalized spacial score (nSPS) is 22.0. The van der Waals surface area contributed by atoms with E-state index in [2.05, 4.69) is 5.32 Å². The Bertz CT molecular complexity index is 283. The van der Waals surface area contributed by atoms with Gasteiger partial charge < -0.3 is 5.32 Å². The van der Waals surface area contributed by atoms with Gasteiger partial charge in [0.25, 0.3) is 0 Å². The summed E-state index contributed by atoms with van der Waals surface area (Å²) in [6.45, 7) is 3.49. The Kier molecular flexibility index (Phi) is 7.55. The first kappa shape index (κ1) is 16.2. The Morgan fingerprint density at radius 2 is 2.12 bits per heavy atom. The van der Waals surface area contributed by atoms with E-state index in [4.69, 9.17) is 0 Å². The number of unbranched alkanes of at least 4 members (excludes halogenated alkanes) is 1. The van der Waals surface area contributed by atoms with Crippen molar-refractivity contribution in [3.8, 4) is 0 Å². The van der Waals surface area contributed by atoms with Gasteiger partial charge in [0.15, 0.2) is 0 Å². The Morgan fingerprint density at radius 3 is 2.69 bits per heavy atom. The summed E-state index contributed by atoms with van der Waals surface area (Å²) in [7, 11) is -1.13. The van der Waals surface area contributed by atoms with Crippen LogP contribution in [0.15, 0.2) is 0 Å². The molecule has 1 aliphatic rings. The Hall–Kier alpha value is 0.160. The summed E-state index contributed by atoms with van der Waals surface area (Å²) in [6, 6.07) is 0.178. The number of rotatable bonds is 6. The van der Waals surface area contributed by atoms with Crippen LogP contribution < -0.4 is 5.32 Å². The van der Waals surface area contributed by atoms with E-state index in [9.17, 15) is 8.42 Å². The molecule has 1 fully saturated rings. The van der Waals surface area contributed by atoms with Crippen LogP contribution in [0.5, 0.6) is 0 Å². The van der Waals surface area contributed by atoms with Crippen molar-refractivity contribution >= 4 is 22.4 Å². The number of sulfonamides is 1. The molecule has 1 rings (SSSR count). The van der Waals surface area contributed by atoms with Gasteiger partial charge in [0, 0.05) is 19.1 Å². The Labute approximate surface area is 105 Å². The van der Waals surface area contributed by atoms with Gasteiger partial charge in [-0.15, -0.1) is 12.4 Å². The summed E-state index contributed by atoms with van der Waals surface area (Å²) in [5.74, 6) is 0.309. The molecule has 1 heterocycles. The molecule has 0 amide bonds. The molecular formula is C10H23ClN2O2S. The molecule has 4 nitrogen and oxygen atoms in total. The van der Waals surface area contributed by atoms with Crippen LogP contribution in [0, 0.1) is 0 Å². The fourth-order valence-corrected chi connectivity index (χ4v) is 3.99. The third kappa shape index (κ3) is 4.20. The van der Waals surface area contributed by atoms with Gasteiger partial charge in [-0.25, -0.2) is 8.42 Å². The summed E-state index contributed by atoms with van der Waals surface area (Å²) < 4.78 is 25.6. The van der Waals surface area contributed by atoms with Gasteiger partial charge in [0.2, 0.25) is 10.0 Å². The molecule has 1 atom stereocenters. The van der Waals surface area contributed by atoms with Crippen molar-refractivity contribution in [3.63, 3.8) is 0 Å². The molecule has 6 heteroatoms. The van der Waals surface area contributed by atoms with Gasteiger partial charge in [-0.1, -0.05) is 13.3 Å². The van der Waals surface area contributed by atoms with Gasteiger partial charge in [-0.05, 0) is 26.3 Å². The average molecular weight is 271 g/mol. The molecule has 16 heavy (non-hydrogen) atoms. The van der Waals surface area contributed by atoms with Crippen LogP contribution in [-0.4, -0.2) is 44.7 Å². The fraction of sp³-hybridized carbons (Fsp3) is 1.00. The van der Waals surface area contributed by atoms with Crippen molar-refractivity contribution in [2.24, 2.45) is 0 Å². The van der Waals surface area contributed by atoms with Crippen molar-refractivity contribution in [1.29, 1.82) is 0 Å². The smallest absolute Gasteiger partial charge is 0.214 e. The maximum atomic E-state index is 12.0. The lowest BCUT2D eigenvalue weighted by molar-refractivity contribution is 0.378. The van der Waals surface area contributed by atoms with E-state index in [1.165, 1.54) is 0 Å². The molecular weight excluding hydrogens is 248 g/mol. The molecule has 0 radical (unpaired) electrons. The second-order valence-electron chi connectivity index (χ2n) is 4.13. The number of hydrogen-bond acceptors (Lipinski definition) is 3. The van der Waals surface area contributed by atoms with Crippen molar-refractivity contribution in [1.82, 2.24) is 9.62 Å². The number of hydrogen-bond donors (Lipinski definition) is 1. The number of likely N-dealkylation sites (N-methyl/N-ethyl adjacent to an activating group) is 1. The van der Waals surface area contributed by atoms with Crippen molar-refractivity contribution < 1.29 is 8.42 Å². The highest BCUT2D eigenvalue weighted by Gasteiger charge is 2.32. The zero-order valence-electron chi connectivity index (χ0n) is 10.1. The zero-order valence-corrected chi connectivity index (χ0v) is 11.7. The molecule has 1 saturated heterocycles. The zero-order chi connectivity index (χ0) is 11.3. The summed E-state index contributed by atoms with van der Waals surface area (Å²) in [4.78, 5) is 0. The standard InChI is InChI=1S/C10H22N2O2S.ClH/c1-3-4-8-15(13,14)12-7-5-6-10(12)9-11-2;/h10-11H,3-9H2,1-2H3;1H. The minimum atomic E-state index is -3.00. The van der Waals surface area contributed by atoms with Crippen LogP contribution in [0.1, 0.15) is 32.6 Å². The van der Waals surface area contributed by atoms with E-state index in [1.54, 1.807) is 4.31 Å². The molecule has 0 saturated carbocycles. The number of halogens is 1. The van der Waals surface area contributed by atoms with Crippen LogP contribution in [0.3, 0.4) is 0 Å². The van der Waals surface area contributed by atoms with E-state index in [0.717, 1.165) is 32.2 Å². The van der Waals surface area contributed by atoms with E-state index >= 15 is 0 Å². The van der Waals surface area contributed by atoms with Gasteiger partial charge in [0.05, 0.1) is 5.75 Å². The van der Waals surface area contributed by atoms with E-state index < -0.39 is 10.0 Å². The van der Waals surface area contributed by atoms with Crippen LogP contribution in [0.2, 0.25) is 0 Å². The second kappa shape index (κ2) is 7.48. The third-order valence-electron chi connectivity index (χ3n) is 2.88. The lowest BCUT2D eigenvalue weighted by Crippen LogP contribution is -2.41. The van der Waals surface area contributed by atoms with Gasteiger partial charge >= 0.3 is 0 Å². The van der Waals surface area contributed by atoms with E-state index in [1.807, 2.05) is 14.0 Å². The van der Waals surface area contributed by atoms with Gasteiger partial charge in [-0.3, -0.25) is 0 Å².